The minimum absolute atomic E-state index is 0.107. The Morgan fingerprint density at radius 2 is 1.72 bits per heavy atom. The molecule has 1 fully saturated rings. The predicted octanol–water partition coefficient (Wildman–Crippen LogP) is 5.60. The van der Waals surface area contributed by atoms with Gasteiger partial charge in [-0.1, -0.05) is 60.7 Å². The van der Waals surface area contributed by atoms with Gasteiger partial charge >= 0.3 is 0 Å². The number of likely N-dealkylation sites (tertiary alicyclic amines) is 1. The molecule has 0 saturated carbocycles. The molecule has 1 aliphatic rings. The van der Waals surface area contributed by atoms with Crippen molar-refractivity contribution in [1.29, 1.82) is 5.41 Å². The summed E-state index contributed by atoms with van der Waals surface area (Å²) in [6, 6.07) is 28.8. The van der Waals surface area contributed by atoms with Crippen LogP contribution < -0.4 is 5.73 Å². The number of rotatable bonds is 6. The number of aliphatic imine (C=N–C) groups is 1. The molecular formula is C34H31N9. The Morgan fingerprint density at radius 3 is 2.49 bits per heavy atom. The molecule has 3 N–H and O–H groups in total. The minimum Gasteiger partial charge on any atom is -0.382 e. The Bertz CT molecular complexity index is 1920. The van der Waals surface area contributed by atoms with E-state index in [1.807, 2.05) is 40.9 Å². The lowest BCUT2D eigenvalue weighted by Crippen LogP contribution is -2.35. The molecule has 9 nitrogen and oxygen atoms in total. The van der Waals surface area contributed by atoms with Crippen LogP contribution in [-0.2, 0) is 6.54 Å². The molecule has 6 aromatic rings. The van der Waals surface area contributed by atoms with Crippen LogP contribution >= 0.6 is 0 Å². The molecule has 4 aromatic heterocycles. The fourth-order valence-corrected chi connectivity index (χ4v) is 5.77. The Labute approximate surface area is 249 Å². The molecule has 43 heavy (non-hydrogen) atoms. The maximum Gasteiger partial charge on any atom is 0.170 e. The largest absolute Gasteiger partial charge is 0.382 e. The van der Waals surface area contributed by atoms with Crippen molar-refractivity contribution in [2.75, 3.05) is 13.1 Å². The molecule has 7 rings (SSSR count). The summed E-state index contributed by atoms with van der Waals surface area (Å²) in [5.41, 5.74) is 13.8. The van der Waals surface area contributed by atoms with Crippen molar-refractivity contribution in [3.8, 4) is 22.4 Å². The highest BCUT2D eigenvalue weighted by Crippen LogP contribution is 2.34. The maximum atomic E-state index is 8.49. The molecule has 0 radical (unpaired) electrons. The predicted molar refractivity (Wildman–Crippen MR) is 170 cm³/mol. The molecule has 0 amide bonds. The van der Waals surface area contributed by atoms with E-state index in [0.717, 1.165) is 71.4 Å². The van der Waals surface area contributed by atoms with Gasteiger partial charge in [0.15, 0.2) is 11.5 Å². The van der Waals surface area contributed by atoms with Crippen LogP contribution in [0.4, 0.5) is 0 Å². The average Bonchev–Trinajstić information content (AvgIpc) is 3.55. The lowest BCUT2D eigenvalue weighted by Gasteiger charge is -2.31. The van der Waals surface area contributed by atoms with Crippen LogP contribution in [0.2, 0.25) is 0 Å². The van der Waals surface area contributed by atoms with E-state index in [1.165, 1.54) is 5.56 Å². The number of benzene rings is 2. The third-order valence-corrected chi connectivity index (χ3v) is 8.12. The zero-order chi connectivity index (χ0) is 29.2. The first-order valence-corrected chi connectivity index (χ1v) is 14.5. The van der Waals surface area contributed by atoms with Crippen molar-refractivity contribution < 1.29 is 0 Å². The number of hydrogen-bond donors (Lipinski definition) is 2. The molecule has 1 aliphatic heterocycles. The van der Waals surface area contributed by atoms with Crippen molar-refractivity contribution >= 4 is 28.2 Å². The third kappa shape index (κ3) is 5.50. The van der Waals surface area contributed by atoms with Crippen molar-refractivity contribution in [3.63, 3.8) is 0 Å². The normalized spacial score (nSPS) is 14.8. The van der Waals surface area contributed by atoms with E-state index in [4.69, 9.17) is 16.1 Å². The lowest BCUT2D eigenvalue weighted by atomic mass is 9.95. The van der Waals surface area contributed by atoms with Gasteiger partial charge in [-0.05, 0) is 61.3 Å². The molecule has 0 atom stereocenters. The molecule has 0 unspecified atom stereocenters. The number of amidine groups is 2. The van der Waals surface area contributed by atoms with Crippen molar-refractivity contribution in [1.82, 2.24) is 29.5 Å². The van der Waals surface area contributed by atoms with E-state index in [1.54, 1.807) is 12.5 Å². The molecule has 2 aromatic carbocycles. The van der Waals surface area contributed by atoms with Gasteiger partial charge in [0.05, 0.1) is 11.2 Å². The molecule has 0 bridgehead atoms. The van der Waals surface area contributed by atoms with Crippen LogP contribution in [-0.4, -0.2) is 54.2 Å². The smallest absolute Gasteiger partial charge is 0.170 e. The standard InChI is InChI=1S/C34H31N9/c35-32(40-33(36)30-8-4-5-16-37-30)26-13-17-42(18-14-26)21-23-9-11-25(12-10-23)31-27(24-6-2-1-3-7-24)20-28-29(39-31)15-19-43-22-38-41-34(28)43/h1-12,15-16,19-20,22,26H,13-14,17-18,21H2,(H3,35,36,40). The monoisotopic (exact) mass is 565 g/mol. The second-order valence-corrected chi connectivity index (χ2v) is 10.9. The average molecular weight is 566 g/mol. The van der Waals surface area contributed by atoms with Gasteiger partial charge in [0.1, 0.15) is 17.9 Å². The number of nitrogens with two attached hydrogens (primary N) is 1. The Hall–Kier alpha value is -5.28. The quantitative estimate of drug-likeness (QED) is 0.200. The van der Waals surface area contributed by atoms with Crippen molar-refractivity contribution in [3.05, 3.63) is 115 Å². The van der Waals surface area contributed by atoms with Gasteiger partial charge in [0.25, 0.3) is 0 Å². The summed E-state index contributed by atoms with van der Waals surface area (Å²) in [4.78, 5) is 16.2. The summed E-state index contributed by atoms with van der Waals surface area (Å²) in [5.74, 6) is 0.750. The van der Waals surface area contributed by atoms with Crippen LogP contribution in [0.15, 0.2) is 109 Å². The summed E-state index contributed by atoms with van der Waals surface area (Å²) >= 11 is 0. The fraction of sp³-hybridized carbons (Fsp3) is 0.176. The topological polar surface area (TPSA) is 121 Å². The third-order valence-electron chi connectivity index (χ3n) is 8.12. The summed E-state index contributed by atoms with van der Waals surface area (Å²) in [7, 11) is 0. The molecule has 212 valence electrons. The molecule has 1 saturated heterocycles. The van der Waals surface area contributed by atoms with Crippen LogP contribution in [0.3, 0.4) is 0 Å². The van der Waals surface area contributed by atoms with Crippen molar-refractivity contribution in [2.45, 2.75) is 19.4 Å². The number of nitrogens with zero attached hydrogens (tertiary/aromatic N) is 7. The zero-order valence-electron chi connectivity index (χ0n) is 23.6. The van der Waals surface area contributed by atoms with Gasteiger partial charge in [-0.15, -0.1) is 10.2 Å². The minimum atomic E-state index is 0.107. The number of fused-ring (bicyclic) bond motifs is 3. The van der Waals surface area contributed by atoms with E-state index in [0.29, 0.717) is 17.4 Å². The van der Waals surface area contributed by atoms with E-state index < -0.39 is 0 Å². The Morgan fingerprint density at radius 1 is 0.930 bits per heavy atom. The highest BCUT2D eigenvalue weighted by molar-refractivity contribution is 6.04. The van der Waals surface area contributed by atoms with Crippen LogP contribution in [0.1, 0.15) is 24.1 Å². The first kappa shape index (κ1) is 26.6. The van der Waals surface area contributed by atoms with E-state index in [-0.39, 0.29) is 5.92 Å². The molecule has 0 spiro atoms. The first-order chi connectivity index (χ1) is 21.1. The molecular weight excluding hydrogens is 534 g/mol. The maximum absolute atomic E-state index is 8.49. The van der Waals surface area contributed by atoms with Gasteiger partial charge < -0.3 is 5.73 Å². The Balaban J connectivity index is 1.07. The van der Waals surface area contributed by atoms with E-state index in [9.17, 15) is 0 Å². The van der Waals surface area contributed by atoms with E-state index >= 15 is 0 Å². The van der Waals surface area contributed by atoms with Gasteiger partial charge in [0, 0.05) is 41.4 Å². The summed E-state index contributed by atoms with van der Waals surface area (Å²) in [6.45, 7) is 2.69. The van der Waals surface area contributed by atoms with Gasteiger partial charge in [-0.25, -0.2) is 9.98 Å². The fourth-order valence-electron chi connectivity index (χ4n) is 5.77. The summed E-state index contributed by atoms with van der Waals surface area (Å²) in [5, 5.41) is 17.9. The highest BCUT2D eigenvalue weighted by atomic mass is 15.2. The number of nitrogens with one attached hydrogen (secondary N) is 1. The van der Waals surface area contributed by atoms with Crippen LogP contribution in [0.25, 0.3) is 38.9 Å². The summed E-state index contributed by atoms with van der Waals surface area (Å²) < 4.78 is 1.92. The Kier molecular flexibility index (Phi) is 7.14. The number of hydrogen-bond acceptors (Lipinski definition) is 6. The van der Waals surface area contributed by atoms with Gasteiger partial charge in [-0.2, -0.15) is 0 Å². The molecule has 0 aliphatic carbocycles. The number of piperidine rings is 1. The SMILES string of the molecule is N=C(/N=C(\N)c1ccccn1)C1CCN(Cc2ccc(-c3nc4ccn5cnnc5c4cc3-c3ccccc3)cc2)CC1. The summed E-state index contributed by atoms with van der Waals surface area (Å²) in [6.07, 6.45) is 7.12. The highest BCUT2D eigenvalue weighted by Gasteiger charge is 2.23. The first-order valence-electron chi connectivity index (χ1n) is 14.5. The van der Waals surface area contributed by atoms with Crippen LogP contribution in [0, 0.1) is 11.3 Å². The number of pyridine rings is 3. The number of aromatic nitrogens is 5. The molecule has 5 heterocycles. The second kappa shape index (κ2) is 11.5. The second-order valence-electron chi connectivity index (χ2n) is 10.9. The van der Waals surface area contributed by atoms with Gasteiger partial charge in [0.2, 0.25) is 0 Å². The van der Waals surface area contributed by atoms with Crippen LogP contribution in [0.5, 0.6) is 0 Å². The van der Waals surface area contributed by atoms with Gasteiger partial charge in [-0.3, -0.25) is 19.7 Å². The van der Waals surface area contributed by atoms with Crippen molar-refractivity contribution in [2.24, 2.45) is 16.6 Å². The zero-order valence-corrected chi connectivity index (χ0v) is 23.6. The lowest BCUT2D eigenvalue weighted by molar-refractivity contribution is 0.201. The van der Waals surface area contributed by atoms with E-state index in [2.05, 4.69) is 79.7 Å². The molecule has 9 heteroatoms.